The summed E-state index contributed by atoms with van der Waals surface area (Å²) in [6.45, 7) is 2.19. The summed E-state index contributed by atoms with van der Waals surface area (Å²) in [5, 5.41) is 0. The Kier molecular flexibility index (Phi) is 4.05. The van der Waals surface area contributed by atoms with E-state index in [1.807, 2.05) is 34.9 Å². The number of rotatable bonds is 2. The highest BCUT2D eigenvalue weighted by Gasteiger charge is 2.31. The number of hydrogen-bond acceptors (Lipinski definition) is 4. The van der Waals surface area contributed by atoms with Crippen molar-refractivity contribution in [2.75, 3.05) is 38.3 Å². The molecule has 0 bridgehead atoms. The van der Waals surface area contributed by atoms with Crippen molar-refractivity contribution in [2.45, 2.75) is 6.42 Å². The quantitative estimate of drug-likeness (QED) is 0.834. The van der Waals surface area contributed by atoms with E-state index in [2.05, 4.69) is 0 Å². The van der Waals surface area contributed by atoms with Crippen LogP contribution in [0.3, 0.4) is 0 Å². The number of fused-ring (bicyclic) bond motifs is 1. The van der Waals surface area contributed by atoms with Crippen LogP contribution in [0, 0.1) is 5.92 Å². The summed E-state index contributed by atoms with van der Waals surface area (Å²) in [7, 11) is 1.64. The van der Waals surface area contributed by atoms with Crippen LogP contribution in [0.15, 0.2) is 18.2 Å². The molecule has 5 heteroatoms. The van der Waals surface area contributed by atoms with Crippen LogP contribution in [0.2, 0.25) is 0 Å². The predicted molar refractivity (Wildman–Crippen MR) is 79.6 cm³/mol. The van der Waals surface area contributed by atoms with E-state index in [1.54, 1.807) is 7.11 Å². The lowest BCUT2D eigenvalue weighted by atomic mass is 9.95. The first-order valence-electron chi connectivity index (χ1n) is 6.95. The smallest absolute Gasteiger partial charge is 0.229 e. The van der Waals surface area contributed by atoms with E-state index >= 15 is 0 Å². The van der Waals surface area contributed by atoms with Crippen LogP contribution >= 0.6 is 11.8 Å². The molecule has 0 unspecified atom stereocenters. The Morgan fingerprint density at radius 3 is 2.95 bits per heavy atom. The summed E-state index contributed by atoms with van der Waals surface area (Å²) in [4.78, 5) is 14.5. The summed E-state index contributed by atoms with van der Waals surface area (Å²) >= 11 is 1.91. The number of methoxy groups -OCH3 is 1. The van der Waals surface area contributed by atoms with Crippen molar-refractivity contribution in [1.29, 1.82) is 0 Å². The Morgan fingerprint density at radius 2 is 2.20 bits per heavy atom. The third-order valence-electron chi connectivity index (χ3n) is 3.85. The van der Waals surface area contributed by atoms with Crippen molar-refractivity contribution in [3.63, 3.8) is 0 Å². The third-order valence-corrected chi connectivity index (χ3v) is 4.79. The molecule has 1 aromatic carbocycles. The van der Waals surface area contributed by atoms with Gasteiger partial charge in [0.25, 0.3) is 0 Å². The van der Waals surface area contributed by atoms with E-state index < -0.39 is 0 Å². The standard InChI is InChI=1S/C15H19NO3S/c1-18-13-4-2-3-11-9-12(10-19-14(11)13)15(17)16-5-7-20-8-6-16/h2-4,12H,5-10H2,1H3/t12-/m1/s1. The summed E-state index contributed by atoms with van der Waals surface area (Å²) < 4.78 is 11.1. The number of nitrogens with zero attached hydrogens (tertiary/aromatic N) is 1. The zero-order chi connectivity index (χ0) is 13.9. The molecule has 0 aliphatic carbocycles. The van der Waals surface area contributed by atoms with Crippen molar-refractivity contribution in [3.05, 3.63) is 23.8 Å². The summed E-state index contributed by atoms with van der Waals surface area (Å²) in [6.07, 6.45) is 0.745. The molecule has 0 N–H and O–H groups in total. The Morgan fingerprint density at radius 1 is 1.40 bits per heavy atom. The van der Waals surface area contributed by atoms with Gasteiger partial charge in [0, 0.05) is 24.6 Å². The number of benzene rings is 1. The highest BCUT2D eigenvalue weighted by Crippen LogP contribution is 2.36. The Labute approximate surface area is 123 Å². The van der Waals surface area contributed by atoms with Gasteiger partial charge in [-0.2, -0.15) is 11.8 Å². The van der Waals surface area contributed by atoms with Gasteiger partial charge in [-0.15, -0.1) is 0 Å². The molecule has 1 aromatic rings. The minimum atomic E-state index is -0.0577. The second-order valence-electron chi connectivity index (χ2n) is 5.10. The van der Waals surface area contributed by atoms with Gasteiger partial charge in [0.15, 0.2) is 11.5 Å². The lowest BCUT2D eigenvalue weighted by Gasteiger charge is -2.32. The van der Waals surface area contributed by atoms with Gasteiger partial charge in [0.05, 0.1) is 13.0 Å². The van der Waals surface area contributed by atoms with E-state index in [0.717, 1.165) is 48.1 Å². The van der Waals surface area contributed by atoms with Gasteiger partial charge in [0.1, 0.15) is 6.61 Å². The number of carbonyl (C=O) groups excluding carboxylic acids is 1. The third kappa shape index (κ3) is 2.59. The van der Waals surface area contributed by atoms with Crippen molar-refractivity contribution in [1.82, 2.24) is 4.90 Å². The fourth-order valence-corrected chi connectivity index (χ4v) is 3.66. The number of para-hydroxylation sites is 1. The zero-order valence-corrected chi connectivity index (χ0v) is 12.4. The number of carbonyl (C=O) groups is 1. The molecule has 108 valence electrons. The maximum absolute atomic E-state index is 12.5. The highest BCUT2D eigenvalue weighted by molar-refractivity contribution is 7.99. The normalized spacial score (nSPS) is 21.9. The molecule has 2 aliphatic rings. The number of ether oxygens (including phenoxy) is 2. The maximum Gasteiger partial charge on any atom is 0.229 e. The molecule has 0 aromatic heterocycles. The van der Waals surface area contributed by atoms with Crippen LogP contribution in [0.4, 0.5) is 0 Å². The van der Waals surface area contributed by atoms with Crippen molar-refractivity contribution < 1.29 is 14.3 Å². The van der Waals surface area contributed by atoms with E-state index in [-0.39, 0.29) is 11.8 Å². The Hall–Kier alpha value is -1.36. The molecule has 3 rings (SSSR count). The van der Waals surface area contributed by atoms with Gasteiger partial charge in [-0.05, 0) is 18.1 Å². The van der Waals surface area contributed by atoms with E-state index in [1.165, 1.54) is 0 Å². The molecule has 2 aliphatic heterocycles. The van der Waals surface area contributed by atoms with Crippen LogP contribution in [0.5, 0.6) is 11.5 Å². The van der Waals surface area contributed by atoms with Crippen molar-refractivity contribution in [3.8, 4) is 11.5 Å². The summed E-state index contributed by atoms with van der Waals surface area (Å²) in [6, 6.07) is 5.86. The number of amides is 1. The van der Waals surface area contributed by atoms with Crippen molar-refractivity contribution in [2.24, 2.45) is 5.92 Å². The Bertz CT molecular complexity index is 500. The van der Waals surface area contributed by atoms with E-state index in [0.29, 0.717) is 6.61 Å². The molecule has 2 heterocycles. The minimum absolute atomic E-state index is 0.0577. The highest BCUT2D eigenvalue weighted by atomic mass is 32.2. The SMILES string of the molecule is COc1cccc2c1OC[C@H](C(=O)N1CCSCC1)C2. The van der Waals surface area contributed by atoms with Crippen LogP contribution in [0.1, 0.15) is 5.56 Å². The first-order valence-corrected chi connectivity index (χ1v) is 8.10. The maximum atomic E-state index is 12.5. The first-order chi connectivity index (χ1) is 9.79. The van der Waals surface area contributed by atoms with Crippen LogP contribution in [0.25, 0.3) is 0 Å². The lowest BCUT2D eigenvalue weighted by Crippen LogP contribution is -2.44. The number of hydrogen-bond donors (Lipinski definition) is 0. The summed E-state index contributed by atoms with van der Waals surface area (Å²) in [5.41, 5.74) is 1.07. The fourth-order valence-electron chi connectivity index (χ4n) is 2.76. The topological polar surface area (TPSA) is 38.8 Å². The molecule has 0 spiro atoms. The largest absolute Gasteiger partial charge is 0.493 e. The fraction of sp³-hybridized carbons (Fsp3) is 0.533. The van der Waals surface area contributed by atoms with Crippen molar-refractivity contribution >= 4 is 17.7 Å². The van der Waals surface area contributed by atoms with Gasteiger partial charge in [0.2, 0.25) is 5.91 Å². The van der Waals surface area contributed by atoms with Gasteiger partial charge in [-0.1, -0.05) is 12.1 Å². The van der Waals surface area contributed by atoms with E-state index in [4.69, 9.17) is 9.47 Å². The van der Waals surface area contributed by atoms with Gasteiger partial charge in [-0.3, -0.25) is 4.79 Å². The van der Waals surface area contributed by atoms with E-state index in [9.17, 15) is 4.79 Å². The molecule has 20 heavy (non-hydrogen) atoms. The second kappa shape index (κ2) is 5.95. The minimum Gasteiger partial charge on any atom is -0.493 e. The monoisotopic (exact) mass is 293 g/mol. The molecule has 0 saturated carbocycles. The molecule has 0 radical (unpaired) electrons. The zero-order valence-electron chi connectivity index (χ0n) is 11.6. The molecular formula is C15H19NO3S. The molecule has 4 nitrogen and oxygen atoms in total. The average Bonchev–Trinajstić information content (AvgIpc) is 2.53. The van der Waals surface area contributed by atoms with Crippen LogP contribution in [-0.4, -0.2) is 49.1 Å². The Balaban J connectivity index is 1.73. The first kappa shape index (κ1) is 13.6. The van der Waals surface area contributed by atoms with Gasteiger partial charge >= 0.3 is 0 Å². The second-order valence-corrected chi connectivity index (χ2v) is 6.32. The molecule has 1 atom stereocenters. The molecule has 1 amide bonds. The molecule has 1 saturated heterocycles. The van der Waals surface area contributed by atoms with Gasteiger partial charge in [-0.25, -0.2) is 0 Å². The van der Waals surface area contributed by atoms with Gasteiger partial charge < -0.3 is 14.4 Å². The lowest BCUT2D eigenvalue weighted by molar-refractivity contribution is -0.136. The average molecular weight is 293 g/mol. The van der Waals surface area contributed by atoms with Crippen LogP contribution < -0.4 is 9.47 Å². The predicted octanol–water partition coefficient (Wildman–Crippen LogP) is 1.82. The molecule has 1 fully saturated rings. The van der Waals surface area contributed by atoms with Crippen LogP contribution in [-0.2, 0) is 11.2 Å². The molecular weight excluding hydrogens is 274 g/mol. The summed E-state index contributed by atoms with van der Waals surface area (Å²) in [5.74, 6) is 3.82. The number of thioether (sulfide) groups is 1.